The summed E-state index contributed by atoms with van der Waals surface area (Å²) in [6.45, 7) is 3.79. The van der Waals surface area contributed by atoms with Gasteiger partial charge in [0.05, 0.1) is 24.0 Å². The maximum atomic E-state index is 4.57. The third-order valence-electron chi connectivity index (χ3n) is 2.71. The van der Waals surface area contributed by atoms with Crippen LogP contribution < -0.4 is 5.32 Å². The molecule has 0 saturated carbocycles. The Kier molecular flexibility index (Phi) is 3.79. The predicted octanol–water partition coefficient (Wildman–Crippen LogP) is 1.73. The van der Waals surface area contributed by atoms with Gasteiger partial charge in [0.2, 0.25) is 0 Å². The molecule has 2 aromatic rings. The first kappa shape index (κ1) is 11.7. The second-order valence-corrected chi connectivity index (χ2v) is 3.89. The maximum Gasteiger partial charge on any atom is 0.121 e. The molecule has 3 heteroatoms. The van der Waals surface area contributed by atoms with Gasteiger partial charge in [-0.25, -0.2) is 4.98 Å². The van der Waals surface area contributed by atoms with Gasteiger partial charge in [-0.1, -0.05) is 30.9 Å². The zero-order valence-electron chi connectivity index (χ0n) is 10.3. The van der Waals surface area contributed by atoms with E-state index in [-0.39, 0.29) is 0 Å². The fourth-order valence-electron chi connectivity index (χ4n) is 1.75. The van der Waals surface area contributed by atoms with Crippen molar-refractivity contribution in [3.8, 4) is 11.8 Å². The average molecular weight is 227 g/mol. The lowest BCUT2D eigenvalue weighted by molar-refractivity contribution is 0.809. The molecule has 0 fully saturated rings. The molecule has 88 valence electrons. The Morgan fingerprint density at radius 1 is 1.29 bits per heavy atom. The average Bonchev–Trinajstić information content (AvgIpc) is 2.67. The van der Waals surface area contributed by atoms with Crippen molar-refractivity contribution < 1.29 is 0 Å². The Morgan fingerprint density at radius 3 is 2.88 bits per heavy atom. The van der Waals surface area contributed by atoms with E-state index in [2.05, 4.69) is 39.7 Å². The van der Waals surface area contributed by atoms with Gasteiger partial charge in [-0.2, -0.15) is 0 Å². The molecule has 2 rings (SSSR count). The number of imidazole rings is 1. The molecule has 17 heavy (non-hydrogen) atoms. The monoisotopic (exact) mass is 227 g/mol. The number of fused-ring (bicyclic) bond motifs is 1. The highest BCUT2D eigenvalue weighted by Crippen LogP contribution is 2.13. The molecule has 0 saturated heterocycles. The SMILES string of the molecule is CCNCC#CCc1nc2ccccc2n1C. The van der Waals surface area contributed by atoms with Crippen molar-refractivity contribution in [2.45, 2.75) is 13.3 Å². The smallest absolute Gasteiger partial charge is 0.121 e. The summed E-state index contributed by atoms with van der Waals surface area (Å²) in [5.74, 6) is 7.26. The summed E-state index contributed by atoms with van der Waals surface area (Å²) in [6, 6.07) is 8.16. The molecule has 0 atom stereocenters. The normalized spacial score (nSPS) is 10.2. The van der Waals surface area contributed by atoms with Crippen molar-refractivity contribution in [1.82, 2.24) is 14.9 Å². The number of aromatic nitrogens is 2. The quantitative estimate of drug-likeness (QED) is 0.639. The van der Waals surface area contributed by atoms with E-state index in [0.717, 1.165) is 29.9 Å². The summed E-state index contributed by atoms with van der Waals surface area (Å²) in [4.78, 5) is 4.57. The Bertz CT molecular complexity index is 558. The standard InChI is InChI=1S/C14H17N3/c1-3-15-11-7-6-10-14-16-12-8-4-5-9-13(12)17(14)2/h4-5,8-9,15H,3,10-11H2,1-2H3. The number of nitrogens with one attached hydrogen (secondary N) is 1. The third-order valence-corrected chi connectivity index (χ3v) is 2.71. The first-order valence-electron chi connectivity index (χ1n) is 5.89. The molecule has 1 N–H and O–H groups in total. The highest BCUT2D eigenvalue weighted by Gasteiger charge is 2.04. The first-order chi connectivity index (χ1) is 8.33. The lowest BCUT2D eigenvalue weighted by Gasteiger charge is -1.97. The second-order valence-electron chi connectivity index (χ2n) is 3.89. The van der Waals surface area contributed by atoms with Crippen LogP contribution in [0.25, 0.3) is 11.0 Å². The van der Waals surface area contributed by atoms with Crippen molar-refractivity contribution >= 4 is 11.0 Å². The zero-order chi connectivity index (χ0) is 12.1. The molecule has 0 bridgehead atoms. The van der Waals surface area contributed by atoms with Gasteiger partial charge in [0, 0.05) is 7.05 Å². The van der Waals surface area contributed by atoms with Crippen LogP contribution in [0.5, 0.6) is 0 Å². The van der Waals surface area contributed by atoms with Crippen LogP contribution in [0, 0.1) is 11.8 Å². The van der Waals surface area contributed by atoms with Gasteiger partial charge < -0.3 is 9.88 Å². The van der Waals surface area contributed by atoms with Crippen LogP contribution in [-0.2, 0) is 13.5 Å². The lowest BCUT2D eigenvalue weighted by atomic mass is 10.3. The number of nitrogens with zero attached hydrogens (tertiary/aromatic N) is 2. The molecule has 1 heterocycles. The molecule has 1 aromatic heterocycles. The van der Waals surface area contributed by atoms with E-state index in [1.807, 2.05) is 25.2 Å². The molecule has 0 amide bonds. The minimum absolute atomic E-state index is 0.705. The molecule has 0 aliphatic heterocycles. The number of benzene rings is 1. The van der Waals surface area contributed by atoms with Crippen molar-refractivity contribution in [2.24, 2.45) is 7.05 Å². The number of rotatable bonds is 3. The highest BCUT2D eigenvalue weighted by molar-refractivity contribution is 5.75. The van der Waals surface area contributed by atoms with Crippen LogP contribution in [0.3, 0.4) is 0 Å². The van der Waals surface area contributed by atoms with E-state index in [4.69, 9.17) is 0 Å². The van der Waals surface area contributed by atoms with Gasteiger partial charge in [-0.15, -0.1) is 0 Å². The number of hydrogen-bond donors (Lipinski definition) is 1. The van der Waals surface area contributed by atoms with E-state index in [1.165, 1.54) is 0 Å². The molecule has 0 aliphatic rings. The van der Waals surface area contributed by atoms with Gasteiger partial charge in [0.25, 0.3) is 0 Å². The van der Waals surface area contributed by atoms with E-state index in [9.17, 15) is 0 Å². The topological polar surface area (TPSA) is 29.9 Å². The van der Waals surface area contributed by atoms with E-state index >= 15 is 0 Å². The van der Waals surface area contributed by atoms with E-state index in [1.54, 1.807) is 0 Å². The van der Waals surface area contributed by atoms with Crippen LogP contribution in [0.2, 0.25) is 0 Å². The van der Waals surface area contributed by atoms with Crippen LogP contribution in [0.4, 0.5) is 0 Å². The molecule has 0 radical (unpaired) electrons. The molecule has 1 aromatic carbocycles. The van der Waals surface area contributed by atoms with Crippen LogP contribution >= 0.6 is 0 Å². The summed E-state index contributed by atoms with van der Waals surface area (Å²) >= 11 is 0. The molecule has 0 spiro atoms. The fraction of sp³-hybridized carbons (Fsp3) is 0.357. The third kappa shape index (κ3) is 2.66. The van der Waals surface area contributed by atoms with Gasteiger partial charge in [0.15, 0.2) is 0 Å². The molecule has 3 nitrogen and oxygen atoms in total. The van der Waals surface area contributed by atoms with Crippen molar-refractivity contribution in [2.75, 3.05) is 13.1 Å². The Balaban J connectivity index is 2.13. The maximum absolute atomic E-state index is 4.57. The van der Waals surface area contributed by atoms with Gasteiger partial charge >= 0.3 is 0 Å². The van der Waals surface area contributed by atoms with Crippen LogP contribution in [-0.4, -0.2) is 22.6 Å². The van der Waals surface area contributed by atoms with Gasteiger partial charge in [-0.05, 0) is 18.7 Å². The summed E-state index contributed by atoms with van der Waals surface area (Å²) in [5.41, 5.74) is 2.20. The van der Waals surface area contributed by atoms with Gasteiger partial charge in [0.1, 0.15) is 5.82 Å². The van der Waals surface area contributed by atoms with Crippen molar-refractivity contribution in [3.05, 3.63) is 30.1 Å². The minimum Gasteiger partial charge on any atom is -0.330 e. The Morgan fingerprint density at radius 2 is 2.12 bits per heavy atom. The van der Waals surface area contributed by atoms with Crippen LogP contribution in [0.1, 0.15) is 12.7 Å². The predicted molar refractivity (Wildman–Crippen MR) is 70.7 cm³/mol. The zero-order valence-corrected chi connectivity index (χ0v) is 10.3. The Hall–Kier alpha value is -1.79. The number of para-hydroxylation sites is 2. The molecular formula is C14H17N3. The lowest BCUT2D eigenvalue weighted by Crippen LogP contribution is -2.12. The largest absolute Gasteiger partial charge is 0.330 e. The van der Waals surface area contributed by atoms with E-state index in [0.29, 0.717) is 6.42 Å². The first-order valence-corrected chi connectivity index (χ1v) is 5.89. The summed E-state index contributed by atoms with van der Waals surface area (Å²) in [5, 5.41) is 3.17. The van der Waals surface area contributed by atoms with Gasteiger partial charge in [-0.3, -0.25) is 0 Å². The second kappa shape index (κ2) is 5.51. The number of hydrogen-bond acceptors (Lipinski definition) is 2. The molecular weight excluding hydrogens is 210 g/mol. The highest BCUT2D eigenvalue weighted by atomic mass is 15.1. The van der Waals surface area contributed by atoms with Crippen LogP contribution in [0.15, 0.2) is 24.3 Å². The summed E-state index contributed by atoms with van der Waals surface area (Å²) in [6.07, 6.45) is 0.705. The summed E-state index contributed by atoms with van der Waals surface area (Å²) < 4.78 is 2.11. The van der Waals surface area contributed by atoms with E-state index < -0.39 is 0 Å². The number of aryl methyl sites for hydroxylation is 1. The van der Waals surface area contributed by atoms with Crippen molar-refractivity contribution in [1.29, 1.82) is 0 Å². The Labute approximate surface area is 102 Å². The minimum atomic E-state index is 0.705. The van der Waals surface area contributed by atoms with Crippen molar-refractivity contribution in [3.63, 3.8) is 0 Å². The molecule has 0 unspecified atom stereocenters. The summed E-state index contributed by atoms with van der Waals surface area (Å²) in [7, 11) is 2.04. The molecule has 0 aliphatic carbocycles. The fourth-order valence-corrected chi connectivity index (χ4v) is 1.75.